The Labute approximate surface area is 164 Å². The monoisotopic (exact) mass is 384 g/mol. The van der Waals surface area contributed by atoms with Gasteiger partial charge in [-0.3, -0.25) is 14.5 Å². The van der Waals surface area contributed by atoms with E-state index >= 15 is 0 Å². The minimum atomic E-state index is -0.386. The first-order chi connectivity index (χ1) is 13.5. The van der Waals surface area contributed by atoms with Crippen molar-refractivity contribution < 1.29 is 18.7 Å². The topological polar surface area (TPSA) is 58.6 Å². The SMILES string of the molecule is COc1ccc(C(=O)C2CCN(C(C)C(=O)Nc3cccc(F)c3)CC2)cc1. The van der Waals surface area contributed by atoms with Crippen LogP contribution in [0, 0.1) is 11.7 Å². The second-order valence-corrected chi connectivity index (χ2v) is 7.08. The number of anilines is 1. The second kappa shape index (κ2) is 8.97. The molecule has 0 aliphatic carbocycles. The van der Waals surface area contributed by atoms with Crippen molar-refractivity contribution >= 4 is 17.4 Å². The third-order valence-corrected chi connectivity index (χ3v) is 5.29. The van der Waals surface area contributed by atoms with Crippen molar-refractivity contribution in [3.05, 3.63) is 59.9 Å². The smallest absolute Gasteiger partial charge is 0.241 e. The lowest BCUT2D eigenvalue weighted by Crippen LogP contribution is -2.47. The number of hydrogen-bond donors (Lipinski definition) is 1. The number of ketones is 1. The van der Waals surface area contributed by atoms with E-state index < -0.39 is 0 Å². The van der Waals surface area contributed by atoms with E-state index in [2.05, 4.69) is 10.2 Å². The summed E-state index contributed by atoms with van der Waals surface area (Å²) in [6, 6.07) is 12.7. The third kappa shape index (κ3) is 4.75. The minimum absolute atomic E-state index is 0.0388. The zero-order chi connectivity index (χ0) is 20.1. The molecule has 0 saturated carbocycles. The number of halogens is 1. The number of rotatable bonds is 6. The molecule has 148 valence electrons. The molecule has 1 unspecified atom stereocenters. The van der Waals surface area contributed by atoms with Gasteiger partial charge in [0.05, 0.1) is 13.2 Å². The van der Waals surface area contributed by atoms with E-state index in [0.717, 1.165) is 5.75 Å². The molecule has 6 heteroatoms. The Balaban J connectivity index is 1.53. The van der Waals surface area contributed by atoms with Crippen molar-refractivity contribution in [3.63, 3.8) is 0 Å². The summed E-state index contributed by atoms with van der Waals surface area (Å²) in [5.41, 5.74) is 1.14. The van der Waals surface area contributed by atoms with Gasteiger partial charge in [0.15, 0.2) is 5.78 Å². The van der Waals surface area contributed by atoms with Crippen LogP contribution in [0.5, 0.6) is 5.75 Å². The van der Waals surface area contributed by atoms with Gasteiger partial charge < -0.3 is 10.1 Å². The van der Waals surface area contributed by atoms with Crippen LogP contribution in [-0.4, -0.2) is 42.8 Å². The van der Waals surface area contributed by atoms with Gasteiger partial charge in [-0.1, -0.05) is 6.07 Å². The van der Waals surface area contributed by atoms with Crippen molar-refractivity contribution in [2.75, 3.05) is 25.5 Å². The number of methoxy groups -OCH3 is 1. The maximum atomic E-state index is 13.3. The van der Waals surface area contributed by atoms with E-state index in [0.29, 0.717) is 37.2 Å². The molecule has 0 spiro atoms. The molecule has 1 fully saturated rings. The number of carbonyl (C=O) groups is 2. The zero-order valence-corrected chi connectivity index (χ0v) is 16.2. The fraction of sp³-hybridized carbons (Fsp3) is 0.364. The summed E-state index contributed by atoms with van der Waals surface area (Å²) in [5.74, 6) is 0.264. The Morgan fingerprint density at radius 1 is 1.14 bits per heavy atom. The van der Waals surface area contributed by atoms with Crippen molar-refractivity contribution in [3.8, 4) is 5.75 Å². The lowest BCUT2D eigenvalue weighted by molar-refractivity contribution is -0.121. The summed E-state index contributed by atoms with van der Waals surface area (Å²) < 4.78 is 18.4. The summed E-state index contributed by atoms with van der Waals surface area (Å²) in [6.07, 6.45) is 1.42. The summed E-state index contributed by atoms with van der Waals surface area (Å²) in [4.78, 5) is 27.2. The van der Waals surface area contributed by atoms with Crippen molar-refractivity contribution in [1.82, 2.24) is 4.90 Å². The number of nitrogens with zero attached hydrogens (tertiary/aromatic N) is 1. The molecule has 1 saturated heterocycles. The fourth-order valence-electron chi connectivity index (χ4n) is 3.52. The van der Waals surface area contributed by atoms with E-state index in [9.17, 15) is 14.0 Å². The number of hydrogen-bond acceptors (Lipinski definition) is 4. The van der Waals surface area contributed by atoms with E-state index in [4.69, 9.17) is 4.74 Å². The molecular weight excluding hydrogens is 359 g/mol. The molecule has 0 aromatic heterocycles. The lowest BCUT2D eigenvalue weighted by atomic mass is 9.88. The first-order valence-corrected chi connectivity index (χ1v) is 9.46. The number of Topliss-reactive ketones (excluding diaryl/α,β-unsaturated/α-hetero) is 1. The normalized spacial score (nSPS) is 16.4. The molecule has 1 heterocycles. The lowest BCUT2D eigenvalue weighted by Gasteiger charge is -2.34. The van der Waals surface area contributed by atoms with E-state index in [1.165, 1.54) is 12.1 Å². The maximum absolute atomic E-state index is 13.3. The zero-order valence-electron chi connectivity index (χ0n) is 16.2. The molecule has 1 N–H and O–H groups in total. The standard InChI is InChI=1S/C22H25FN2O3/c1-15(22(27)24-19-5-3-4-18(23)14-19)25-12-10-17(11-13-25)21(26)16-6-8-20(28-2)9-7-16/h3-9,14-15,17H,10-13H2,1-2H3,(H,24,27). The fourth-order valence-corrected chi connectivity index (χ4v) is 3.52. The van der Waals surface area contributed by atoms with Crippen molar-refractivity contribution in [1.29, 1.82) is 0 Å². The van der Waals surface area contributed by atoms with Crippen LogP contribution in [0.15, 0.2) is 48.5 Å². The van der Waals surface area contributed by atoms with Crippen LogP contribution in [0.3, 0.4) is 0 Å². The van der Waals surface area contributed by atoms with E-state index in [1.807, 2.05) is 6.92 Å². The first-order valence-electron chi connectivity index (χ1n) is 9.46. The predicted octanol–water partition coefficient (Wildman–Crippen LogP) is 3.76. The Morgan fingerprint density at radius 2 is 1.82 bits per heavy atom. The van der Waals surface area contributed by atoms with Crippen LogP contribution in [0.1, 0.15) is 30.1 Å². The molecule has 2 aromatic rings. The molecule has 2 aromatic carbocycles. The van der Waals surface area contributed by atoms with Gasteiger partial charge in [0.1, 0.15) is 11.6 Å². The molecule has 1 aliphatic heterocycles. The quantitative estimate of drug-likeness (QED) is 0.771. The predicted molar refractivity (Wildman–Crippen MR) is 106 cm³/mol. The average Bonchev–Trinajstić information content (AvgIpc) is 2.73. The van der Waals surface area contributed by atoms with Gasteiger partial charge in [0.25, 0.3) is 0 Å². The number of benzene rings is 2. The number of nitrogens with one attached hydrogen (secondary N) is 1. The van der Waals surface area contributed by atoms with Gasteiger partial charge in [-0.05, 0) is 75.3 Å². The van der Waals surface area contributed by atoms with E-state index in [1.54, 1.807) is 43.5 Å². The highest BCUT2D eigenvalue weighted by molar-refractivity contribution is 5.98. The van der Waals surface area contributed by atoms with Gasteiger partial charge in [0, 0.05) is 17.2 Å². The number of likely N-dealkylation sites (tertiary alicyclic amines) is 1. The van der Waals surface area contributed by atoms with Gasteiger partial charge >= 0.3 is 0 Å². The van der Waals surface area contributed by atoms with Crippen LogP contribution in [-0.2, 0) is 4.79 Å². The molecular formula is C22H25FN2O3. The molecule has 3 rings (SSSR count). The Morgan fingerprint density at radius 3 is 2.43 bits per heavy atom. The maximum Gasteiger partial charge on any atom is 0.241 e. The van der Waals surface area contributed by atoms with Gasteiger partial charge in [-0.2, -0.15) is 0 Å². The van der Waals surface area contributed by atoms with Crippen molar-refractivity contribution in [2.24, 2.45) is 5.92 Å². The largest absolute Gasteiger partial charge is 0.497 e. The molecule has 1 aliphatic rings. The summed E-state index contributed by atoms with van der Waals surface area (Å²) in [5, 5.41) is 2.75. The van der Waals surface area contributed by atoms with Gasteiger partial charge in [0.2, 0.25) is 5.91 Å². The van der Waals surface area contributed by atoms with Crippen LogP contribution in [0.25, 0.3) is 0 Å². The van der Waals surface area contributed by atoms with Crippen molar-refractivity contribution in [2.45, 2.75) is 25.8 Å². The number of ether oxygens (including phenoxy) is 1. The molecule has 28 heavy (non-hydrogen) atoms. The minimum Gasteiger partial charge on any atom is -0.497 e. The number of carbonyl (C=O) groups excluding carboxylic acids is 2. The second-order valence-electron chi connectivity index (χ2n) is 7.08. The van der Waals surface area contributed by atoms with Crippen LogP contribution in [0.4, 0.5) is 10.1 Å². The number of amides is 1. The third-order valence-electron chi connectivity index (χ3n) is 5.29. The van der Waals surface area contributed by atoms with Gasteiger partial charge in [-0.15, -0.1) is 0 Å². The Bertz CT molecular complexity index is 830. The first kappa shape index (κ1) is 20.0. The molecule has 1 amide bonds. The number of piperidine rings is 1. The van der Waals surface area contributed by atoms with Crippen LogP contribution in [0.2, 0.25) is 0 Å². The Kier molecular flexibility index (Phi) is 6.41. The summed E-state index contributed by atoms with van der Waals surface area (Å²) >= 11 is 0. The highest BCUT2D eigenvalue weighted by Gasteiger charge is 2.30. The highest BCUT2D eigenvalue weighted by atomic mass is 19.1. The molecule has 1 atom stereocenters. The summed E-state index contributed by atoms with van der Waals surface area (Å²) in [7, 11) is 1.60. The summed E-state index contributed by atoms with van der Waals surface area (Å²) in [6.45, 7) is 3.18. The van der Waals surface area contributed by atoms with Crippen LogP contribution < -0.4 is 10.1 Å². The molecule has 0 bridgehead atoms. The van der Waals surface area contributed by atoms with Gasteiger partial charge in [-0.25, -0.2) is 4.39 Å². The molecule has 5 nitrogen and oxygen atoms in total. The molecule has 0 radical (unpaired) electrons. The Hall–Kier alpha value is -2.73. The van der Waals surface area contributed by atoms with E-state index in [-0.39, 0.29) is 29.5 Å². The van der Waals surface area contributed by atoms with Crippen LogP contribution >= 0.6 is 0 Å². The average molecular weight is 384 g/mol. The highest BCUT2D eigenvalue weighted by Crippen LogP contribution is 2.24.